The molecular weight excluding hydrogens is 412 g/mol. The van der Waals surface area contributed by atoms with Crippen LogP contribution >= 0.6 is 11.6 Å². The van der Waals surface area contributed by atoms with E-state index in [4.69, 9.17) is 11.6 Å². The molecule has 4 fully saturated rings. The van der Waals surface area contributed by atoms with Crippen molar-refractivity contribution in [2.75, 3.05) is 11.9 Å². The van der Waals surface area contributed by atoms with Gasteiger partial charge in [-0.15, -0.1) is 0 Å². The average Bonchev–Trinajstić information content (AvgIpc) is 3.15. The maximum Gasteiger partial charge on any atom is 0.227 e. The van der Waals surface area contributed by atoms with Crippen molar-refractivity contribution >= 4 is 29.2 Å². The van der Waals surface area contributed by atoms with E-state index >= 15 is 0 Å². The first-order valence-electron chi connectivity index (χ1n) is 11.3. The molecule has 4 aliphatic carbocycles. The first-order valence-corrected chi connectivity index (χ1v) is 11.7. The van der Waals surface area contributed by atoms with Crippen LogP contribution in [0.15, 0.2) is 36.5 Å². The number of halogens is 1. The number of rotatable bonds is 7. The van der Waals surface area contributed by atoms with Gasteiger partial charge < -0.3 is 10.6 Å². The highest BCUT2D eigenvalue weighted by atomic mass is 35.5. The predicted molar refractivity (Wildman–Crippen MR) is 120 cm³/mol. The van der Waals surface area contributed by atoms with Crippen LogP contribution in [0.4, 0.5) is 5.82 Å². The van der Waals surface area contributed by atoms with E-state index in [0.29, 0.717) is 23.9 Å². The van der Waals surface area contributed by atoms with Gasteiger partial charge in [-0.25, -0.2) is 4.68 Å². The van der Waals surface area contributed by atoms with E-state index in [9.17, 15) is 9.59 Å². The Bertz CT molecular complexity index is 933. The van der Waals surface area contributed by atoms with Crippen LogP contribution in [0.25, 0.3) is 0 Å². The number of nitrogens with zero attached hydrogens (tertiary/aromatic N) is 2. The molecule has 0 aliphatic heterocycles. The molecule has 0 atom stereocenters. The number of hydrogen-bond donors (Lipinski definition) is 2. The minimum atomic E-state index is -0.164. The molecule has 0 saturated heterocycles. The van der Waals surface area contributed by atoms with Crippen LogP contribution in [0.3, 0.4) is 0 Å². The third-order valence-electron chi connectivity index (χ3n) is 7.39. The van der Waals surface area contributed by atoms with Crippen LogP contribution in [0.1, 0.15) is 50.5 Å². The molecule has 2 amide bonds. The highest BCUT2D eigenvalue weighted by Gasteiger charge is 2.54. The molecule has 2 aromatic rings. The molecule has 6 nitrogen and oxygen atoms in total. The zero-order valence-corrected chi connectivity index (χ0v) is 18.4. The van der Waals surface area contributed by atoms with Gasteiger partial charge in [0.1, 0.15) is 5.82 Å². The Morgan fingerprint density at radius 3 is 2.32 bits per heavy atom. The van der Waals surface area contributed by atoms with E-state index in [1.165, 1.54) is 19.3 Å². The molecule has 1 heterocycles. The van der Waals surface area contributed by atoms with Crippen molar-refractivity contribution in [1.29, 1.82) is 0 Å². The zero-order chi connectivity index (χ0) is 21.4. The summed E-state index contributed by atoms with van der Waals surface area (Å²) in [7, 11) is 0. The molecule has 4 aliphatic rings. The average molecular weight is 441 g/mol. The van der Waals surface area contributed by atoms with Crippen LogP contribution in [-0.2, 0) is 16.1 Å². The van der Waals surface area contributed by atoms with Gasteiger partial charge in [0.15, 0.2) is 0 Å². The summed E-state index contributed by atoms with van der Waals surface area (Å²) < 4.78 is 1.75. The van der Waals surface area contributed by atoms with Crippen molar-refractivity contribution in [1.82, 2.24) is 15.1 Å². The topological polar surface area (TPSA) is 76.0 Å². The summed E-state index contributed by atoms with van der Waals surface area (Å²) in [6.07, 6.45) is 9.00. The number of carbonyl (C=O) groups excluding carboxylic acids is 2. The number of aromatic nitrogens is 2. The quantitative estimate of drug-likeness (QED) is 0.675. The standard InChI is InChI=1S/C24H29ClN4O2/c25-20-3-1-16(2-4-20)15-29-21(5-8-27-29)28-22(30)6-7-26-23(31)24-12-17-9-18(13-24)11-19(10-17)14-24/h1-5,8,17-19H,6-7,9-15H2,(H,26,31)(H,28,30). The van der Waals surface area contributed by atoms with Crippen molar-refractivity contribution in [2.45, 2.75) is 51.5 Å². The fourth-order valence-electron chi connectivity index (χ4n) is 6.40. The molecule has 1 aromatic heterocycles. The van der Waals surface area contributed by atoms with E-state index < -0.39 is 0 Å². The van der Waals surface area contributed by atoms with Gasteiger partial charge in [0.25, 0.3) is 0 Å². The van der Waals surface area contributed by atoms with Gasteiger partial charge in [-0.05, 0) is 74.0 Å². The van der Waals surface area contributed by atoms with Crippen LogP contribution in [0, 0.1) is 23.2 Å². The second-order valence-corrected chi connectivity index (χ2v) is 10.2. The Morgan fingerprint density at radius 2 is 1.68 bits per heavy atom. The fourth-order valence-corrected chi connectivity index (χ4v) is 6.52. The lowest BCUT2D eigenvalue weighted by atomic mass is 9.49. The third kappa shape index (κ3) is 4.36. The van der Waals surface area contributed by atoms with Crippen molar-refractivity contribution in [3.8, 4) is 0 Å². The highest BCUT2D eigenvalue weighted by molar-refractivity contribution is 6.30. The summed E-state index contributed by atoms with van der Waals surface area (Å²) in [5, 5.41) is 11.0. The lowest BCUT2D eigenvalue weighted by Crippen LogP contribution is -2.53. The number of benzene rings is 1. The number of hydrogen-bond acceptors (Lipinski definition) is 3. The zero-order valence-electron chi connectivity index (χ0n) is 17.6. The van der Waals surface area contributed by atoms with Gasteiger partial charge in [0.05, 0.1) is 12.7 Å². The molecule has 2 N–H and O–H groups in total. The second kappa shape index (κ2) is 8.30. The number of anilines is 1. The lowest BCUT2D eigenvalue weighted by molar-refractivity contribution is -0.146. The molecule has 7 heteroatoms. The monoisotopic (exact) mass is 440 g/mol. The lowest BCUT2D eigenvalue weighted by Gasteiger charge is -2.55. The Balaban J connectivity index is 1.12. The summed E-state index contributed by atoms with van der Waals surface area (Å²) in [6.45, 7) is 0.917. The number of nitrogens with one attached hydrogen (secondary N) is 2. The van der Waals surface area contributed by atoms with Crippen LogP contribution in [0.2, 0.25) is 5.02 Å². The number of amides is 2. The Labute approximate surface area is 187 Å². The van der Waals surface area contributed by atoms with E-state index in [1.807, 2.05) is 24.3 Å². The van der Waals surface area contributed by atoms with Crippen molar-refractivity contribution in [2.24, 2.45) is 23.2 Å². The van der Waals surface area contributed by atoms with Gasteiger partial charge in [-0.2, -0.15) is 5.10 Å². The molecule has 0 spiro atoms. The normalized spacial score (nSPS) is 28.5. The molecular formula is C24H29ClN4O2. The molecule has 1 aromatic carbocycles. The van der Waals surface area contributed by atoms with E-state index in [-0.39, 0.29) is 23.7 Å². The minimum Gasteiger partial charge on any atom is -0.355 e. The Kier molecular flexibility index (Phi) is 5.51. The van der Waals surface area contributed by atoms with Gasteiger partial charge >= 0.3 is 0 Å². The summed E-state index contributed by atoms with van der Waals surface area (Å²) in [4.78, 5) is 25.5. The van der Waals surface area contributed by atoms with E-state index in [0.717, 1.165) is 42.6 Å². The molecule has 164 valence electrons. The predicted octanol–water partition coefficient (Wildman–Crippen LogP) is 4.25. The van der Waals surface area contributed by atoms with Crippen molar-refractivity contribution < 1.29 is 9.59 Å². The van der Waals surface area contributed by atoms with Gasteiger partial charge in [-0.1, -0.05) is 23.7 Å². The van der Waals surface area contributed by atoms with Gasteiger partial charge in [0.2, 0.25) is 11.8 Å². The van der Waals surface area contributed by atoms with E-state index in [1.54, 1.807) is 16.9 Å². The molecule has 4 bridgehead atoms. The van der Waals surface area contributed by atoms with Gasteiger partial charge in [-0.3, -0.25) is 9.59 Å². The van der Waals surface area contributed by atoms with Crippen LogP contribution in [0.5, 0.6) is 0 Å². The van der Waals surface area contributed by atoms with Crippen LogP contribution < -0.4 is 10.6 Å². The summed E-state index contributed by atoms with van der Waals surface area (Å²) in [6, 6.07) is 9.34. The van der Waals surface area contributed by atoms with Crippen molar-refractivity contribution in [3.63, 3.8) is 0 Å². The maximum atomic E-state index is 13.0. The fraction of sp³-hybridized carbons (Fsp3) is 0.542. The Hall–Kier alpha value is -2.34. The molecule has 0 radical (unpaired) electrons. The SMILES string of the molecule is O=C(CCNC(=O)C12CC3CC(CC(C3)C1)C2)Nc1ccnn1Cc1ccc(Cl)cc1. The number of carbonyl (C=O) groups is 2. The molecule has 4 saturated carbocycles. The third-order valence-corrected chi connectivity index (χ3v) is 7.64. The molecule has 6 rings (SSSR count). The second-order valence-electron chi connectivity index (χ2n) is 9.75. The first-order chi connectivity index (χ1) is 15.0. The van der Waals surface area contributed by atoms with Crippen LogP contribution in [-0.4, -0.2) is 28.1 Å². The largest absolute Gasteiger partial charge is 0.355 e. The Morgan fingerprint density at radius 1 is 1.03 bits per heavy atom. The summed E-state index contributed by atoms with van der Waals surface area (Å²) in [5.41, 5.74) is 0.883. The summed E-state index contributed by atoms with van der Waals surface area (Å²) >= 11 is 5.94. The maximum absolute atomic E-state index is 13.0. The smallest absolute Gasteiger partial charge is 0.227 e. The first kappa shape index (κ1) is 20.6. The summed E-state index contributed by atoms with van der Waals surface area (Å²) in [5.74, 6) is 2.91. The highest BCUT2D eigenvalue weighted by Crippen LogP contribution is 2.60. The van der Waals surface area contributed by atoms with Gasteiger partial charge in [0, 0.05) is 29.5 Å². The minimum absolute atomic E-state index is 0.122. The van der Waals surface area contributed by atoms with Crippen molar-refractivity contribution in [3.05, 3.63) is 47.1 Å². The van der Waals surface area contributed by atoms with E-state index in [2.05, 4.69) is 15.7 Å². The molecule has 0 unspecified atom stereocenters. The molecule has 31 heavy (non-hydrogen) atoms.